The smallest absolute Gasteiger partial charge is 0.137 e. The van der Waals surface area contributed by atoms with Crippen LogP contribution in [0.2, 0.25) is 0 Å². The molecule has 0 bridgehead atoms. The molecule has 104 valence electrons. The van der Waals surface area contributed by atoms with E-state index in [-0.39, 0.29) is 12.2 Å². The maximum absolute atomic E-state index is 13.0. The molecule has 2 rings (SSSR count). The van der Waals surface area contributed by atoms with E-state index in [9.17, 15) is 13.6 Å². The number of carbonyl (C=O) groups is 1. The number of benzene rings is 2. The fourth-order valence-corrected chi connectivity index (χ4v) is 2.18. The summed E-state index contributed by atoms with van der Waals surface area (Å²) in [6, 6.07) is 11.2. The van der Waals surface area contributed by atoms with Crippen molar-refractivity contribution in [3.63, 3.8) is 0 Å². The van der Waals surface area contributed by atoms with Gasteiger partial charge in [-0.2, -0.15) is 0 Å². The van der Waals surface area contributed by atoms with Gasteiger partial charge < -0.3 is 0 Å². The second-order valence-corrected chi connectivity index (χ2v) is 4.98. The molecule has 0 aromatic heterocycles. The standard InChI is InChI=1S/C17H16F2O/c1-12-3-2-4-13(7-12)5-6-17(20)10-14-8-15(18)11-16(19)9-14/h2-4,7-9,11H,5-6,10H2,1H3. The Morgan fingerprint density at radius 1 is 1.00 bits per heavy atom. The van der Waals surface area contributed by atoms with Crippen molar-refractivity contribution in [2.45, 2.75) is 26.2 Å². The monoisotopic (exact) mass is 274 g/mol. The SMILES string of the molecule is Cc1cccc(CCC(=O)Cc2cc(F)cc(F)c2)c1. The minimum absolute atomic E-state index is 0.0171. The van der Waals surface area contributed by atoms with Gasteiger partial charge in [-0.3, -0.25) is 4.79 Å². The predicted octanol–water partition coefficient (Wildman–Crippen LogP) is 4.02. The first kappa shape index (κ1) is 14.4. The van der Waals surface area contributed by atoms with Gasteiger partial charge in [0.2, 0.25) is 0 Å². The van der Waals surface area contributed by atoms with Gasteiger partial charge in [0, 0.05) is 18.9 Å². The Hall–Kier alpha value is -2.03. The minimum Gasteiger partial charge on any atom is -0.299 e. The third-order valence-electron chi connectivity index (χ3n) is 3.10. The van der Waals surface area contributed by atoms with E-state index < -0.39 is 11.6 Å². The molecule has 0 aliphatic heterocycles. The number of carbonyl (C=O) groups excluding carboxylic acids is 1. The molecule has 2 aromatic rings. The molecule has 0 unspecified atom stereocenters. The molecule has 0 amide bonds. The van der Waals surface area contributed by atoms with Gasteiger partial charge in [0.1, 0.15) is 17.4 Å². The number of ketones is 1. The van der Waals surface area contributed by atoms with Crippen LogP contribution in [0.4, 0.5) is 8.78 Å². The fraction of sp³-hybridized carbons (Fsp3) is 0.235. The third-order valence-corrected chi connectivity index (χ3v) is 3.10. The molecule has 0 atom stereocenters. The minimum atomic E-state index is -0.647. The Morgan fingerprint density at radius 3 is 2.35 bits per heavy atom. The van der Waals surface area contributed by atoms with Crippen molar-refractivity contribution in [3.8, 4) is 0 Å². The lowest BCUT2D eigenvalue weighted by Gasteiger charge is -2.04. The average molecular weight is 274 g/mol. The molecule has 0 saturated heterocycles. The number of Topliss-reactive ketones (excluding diaryl/α,β-unsaturated/α-hetero) is 1. The lowest BCUT2D eigenvalue weighted by molar-refractivity contribution is -0.118. The molecule has 20 heavy (non-hydrogen) atoms. The van der Waals surface area contributed by atoms with Crippen LogP contribution in [0, 0.1) is 18.6 Å². The van der Waals surface area contributed by atoms with E-state index in [2.05, 4.69) is 0 Å². The zero-order valence-corrected chi connectivity index (χ0v) is 11.3. The zero-order valence-electron chi connectivity index (χ0n) is 11.3. The molecule has 0 heterocycles. The van der Waals surface area contributed by atoms with Crippen LogP contribution in [0.5, 0.6) is 0 Å². The highest BCUT2D eigenvalue weighted by Crippen LogP contribution is 2.11. The predicted molar refractivity (Wildman–Crippen MR) is 74.6 cm³/mol. The first-order valence-electron chi connectivity index (χ1n) is 6.55. The number of hydrogen-bond donors (Lipinski definition) is 0. The molecule has 0 N–H and O–H groups in total. The van der Waals surface area contributed by atoms with Gasteiger partial charge in [0.15, 0.2) is 0 Å². The van der Waals surface area contributed by atoms with Gasteiger partial charge in [-0.1, -0.05) is 29.8 Å². The van der Waals surface area contributed by atoms with Gasteiger partial charge in [-0.05, 0) is 36.6 Å². The van der Waals surface area contributed by atoms with Crippen molar-refractivity contribution in [2.24, 2.45) is 0 Å². The molecule has 1 nitrogen and oxygen atoms in total. The molecular weight excluding hydrogens is 258 g/mol. The van der Waals surface area contributed by atoms with Crippen molar-refractivity contribution in [1.82, 2.24) is 0 Å². The molecule has 0 aliphatic carbocycles. The summed E-state index contributed by atoms with van der Waals surface area (Å²) >= 11 is 0. The van der Waals surface area contributed by atoms with E-state index in [4.69, 9.17) is 0 Å². The van der Waals surface area contributed by atoms with Crippen molar-refractivity contribution < 1.29 is 13.6 Å². The molecule has 0 fully saturated rings. The number of aryl methyl sites for hydroxylation is 2. The van der Waals surface area contributed by atoms with Gasteiger partial charge >= 0.3 is 0 Å². The van der Waals surface area contributed by atoms with Crippen molar-refractivity contribution in [1.29, 1.82) is 0 Å². The summed E-state index contributed by atoms with van der Waals surface area (Å²) in [6.07, 6.45) is 1.10. The molecule has 2 aromatic carbocycles. The van der Waals surface area contributed by atoms with Gasteiger partial charge in [-0.15, -0.1) is 0 Å². The summed E-state index contributed by atoms with van der Waals surface area (Å²) in [6.45, 7) is 2.00. The van der Waals surface area contributed by atoms with E-state index in [1.807, 2.05) is 31.2 Å². The van der Waals surface area contributed by atoms with Crippen LogP contribution in [-0.2, 0) is 17.6 Å². The first-order valence-corrected chi connectivity index (χ1v) is 6.55. The summed E-state index contributed by atoms with van der Waals surface area (Å²) in [7, 11) is 0. The van der Waals surface area contributed by atoms with Crippen molar-refractivity contribution >= 4 is 5.78 Å². The topological polar surface area (TPSA) is 17.1 Å². The lowest BCUT2D eigenvalue weighted by Crippen LogP contribution is -2.05. The fourth-order valence-electron chi connectivity index (χ4n) is 2.18. The summed E-state index contributed by atoms with van der Waals surface area (Å²) in [4.78, 5) is 11.8. The van der Waals surface area contributed by atoms with E-state index in [1.54, 1.807) is 0 Å². The Labute approximate surface area is 117 Å². The summed E-state index contributed by atoms with van der Waals surface area (Å²) in [5.41, 5.74) is 2.64. The summed E-state index contributed by atoms with van der Waals surface area (Å²) < 4.78 is 26.0. The molecule has 3 heteroatoms. The maximum Gasteiger partial charge on any atom is 0.137 e. The van der Waals surface area contributed by atoms with Crippen LogP contribution in [0.1, 0.15) is 23.1 Å². The van der Waals surface area contributed by atoms with Gasteiger partial charge in [0.25, 0.3) is 0 Å². The van der Waals surface area contributed by atoms with Crippen LogP contribution < -0.4 is 0 Å². The molecule has 0 saturated carbocycles. The van der Waals surface area contributed by atoms with Crippen LogP contribution >= 0.6 is 0 Å². The average Bonchev–Trinajstić information content (AvgIpc) is 2.35. The number of hydrogen-bond acceptors (Lipinski definition) is 1. The zero-order chi connectivity index (χ0) is 14.5. The van der Waals surface area contributed by atoms with E-state index in [0.29, 0.717) is 18.4 Å². The Kier molecular flexibility index (Phi) is 4.61. The number of rotatable bonds is 5. The maximum atomic E-state index is 13.0. The number of halogens is 2. The highest BCUT2D eigenvalue weighted by molar-refractivity contribution is 5.81. The van der Waals surface area contributed by atoms with Gasteiger partial charge in [0.05, 0.1) is 0 Å². The first-order chi connectivity index (χ1) is 9.52. The van der Waals surface area contributed by atoms with Gasteiger partial charge in [-0.25, -0.2) is 8.78 Å². The van der Waals surface area contributed by atoms with E-state index in [1.165, 1.54) is 12.1 Å². The lowest BCUT2D eigenvalue weighted by atomic mass is 10.0. The Morgan fingerprint density at radius 2 is 1.70 bits per heavy atom. The molecule has 0 spiro atoms. The Bertz CT molecular complexity index is 600. The Balaban J connectivity index is 1.92. The van der Waals surface area contributed by atoms with Crippen LogP contribution in [0.3, 0.4) is 0 Å². The molecular formula is C17H16F2O. The normalized spacial score (nSPS) is 10.6. The molecule has 0 aliphatic rings. The largest absolute Gasteiger partial charge is 0.299 e. The highest BCUT2D eigenvalue weighted by atomic mass is 19.1. The van der Waals surface area contributed by atoms with Crippen molar-refractivity contribution in [3.05, 3.63) is 70.8 Å². The van der Waals surface area contributed by atoms with Crippen LogP contribution in [0.15, 0.2) is 42.5 Å². The second-order valence-electron chi connectivity index (χ2n) is 4.98. The quantitative estimate of drug-likeness (QED) is 0.805. The van der Waals surface area contributed by atoms with Crippen molar-refractivity contribution in [2.75, 3.05) is 0 Å². The third kappa shape index (κ3) is 4.26. The summed E-state index contributed by atoms with van der Waals surface area (Å²) in [5.74, 6) is -1.31. The van der Waals surface area contributed by atoms with E-state index >= 15 is 0 Å². The van der Waals surface area contributed by atoms with E-state index in [0.717, 1.165) is 17.2 Å². The highest BCUT2D eigenvalue weighted by Gasteiger charge is 2.07. The van der Waals surface area contributed by atoms with Crippen LogP contribution in [0.25, 0.3) is 0 Å². The molecule has 0 radical (unpaired) electrons. The second kappa shape index (κ2) is 6.42. The van der Waals surface area contributed by atoms with Crippen LogP contribution in [-0.4, -0.2) is 5.78 Å². The summed E-state index contributed by atoms with van der Waals surface area (Å²) in [5, 5.41) is 0.